The van der Waals surface area contributed by atoms with Crippen LogP contribution in [0.5, 0.6) is 0 Å². The lowest BCUT2D eigenvalue weighted by atomic mass is 9.75. The Balaban J connectivity index is 1.86. The van der Waals surface area contributed by atoms with E-state index in [1.165, 1.54) is 23.1 Å². The largest absolute Gasteiger partial charge is 0.384 e. The maximum atomic E-state index is 13.1. The van der Waals surface area contributed by atoms with Gasteiger partial charge in [-0.15, -0.1) is 10.2 Å². The van der Waals surface area contributed by atoms with Crippen LogP contribution in [-0.4, -0.2) is 27.6 Å². The summed E-state index contributed by atoms with van der Waals surface area (Å²) in [5, 5.41) is 18.8. The third-order valence-corrected chi connectivity index (χ3v) is 7.40. The first-order valence-electron chi connectivity index (χ1n) is 9.68. The zero-order chi connectivity index (χ0) is 22.1. The molecule has 158 valence electrons. The first-order chi connectivity index (χ1) is 14.9. The molecule has 10 heteroatoms. The fourth-order valence-corrected chi connectivity index (χ4v) is 5.63. The Morgan fingerprint density at radius 2 is 2.13 bits per heavy atom. The van der Waals surface area contributed by atoms with Crippen LogP contribution in [0.25, 0.3) is 0 Å². The Kier molecular flexibility index (Phi) is 5.80. The number of hydrogen-bond donors (Lipinski definition) is 2. The minimum absolute atomic E-state index is 0.0209. The van der Waals surface area contributed by atoms with Crippen molar-refractivity contribution in [3.05, 3.63) is 58.1 Å². The van der Waals surface area contributed by atoms with Crippen LogP contribution in [0.2, 0.25) is 0 Å². The van der Waals surface area contributed by atoms with E-state index in [0.717, 1.165) is 16.8 Å². The van der Waals surface area contributed by atoms with Crippen molar-refractivity contribution in [1.29, 1.82) is 5.26 Å². The van der Waals surface area contributed by atoms with Gasteiger partial charge in [-0.25, -0.2) is 0 Å². The van der Waals surface area contributed by atoms with Gasteiger partial charge in [0.1, 0.15) is 5.82 Å². The molecule has 0 saturated carbocycles. The molecule has 0 spiro atoms. The van der Waals surface area contributed by atoms with Crippen LogP contribution in [-0.2, 0) is 9.59 Å². The van der Waals surface area contributed by atoms with E-state index in [4.69, 9.17) is 11.5 Å². The Morgan fingerprint density at radius 1 is 1.35 bits per heavy atom. The topological polar surface area (TPSA) is 139 Å². The summed E-state index contributed by atoms with van der Waals surface area (Å²) in [7, 11) is 0. The average molecular weight is 453 g/mol. The number of aryl methyl sites for hydroxylation is 1. The fourth-order valence-electron chi connectivity index (χ4n) is 4.01. The van der Waals surface area contributed by atoms with Crippen molar-refractivity contribution in [3.8, 4) is 6.07 Å². The number of nitriles is 1. The Bertz CT molecular complexity index is 1180. The summed E-state index contributed by atoms with van der Waals surface area (Å²) < 4.78 is 0.561. The summed E-state index contributed by atoms with van der Waals surface area (Å²) >= 11 is 2.43. The monoisotopic (exact) mass is 452 g/mol. The van der Waals surface area contributed by atoms with Gasteiger partial charge in [0.25, 0.3) is 0 Å². The third kappa shape index (κ3) is 3.82. The molecule has 1 aliphatic carbocycles. The highest BCUT2D eigenvalue weighted by atomic mass is 32.2. The van der Waals surface area contributed by atoms with Gasteiger partial charge in [-0.05, 0) is 30.9 Å². The summed E-state index contributed by atoms with van der Waals surface area (Å²) in [5.41, 5.74) is 15.3. The minimum Gasteiger partial charge on any atom is -0.384 e. The molecule has 2 aliphatic rings. The zero-order valence-electron chi connectivity index (χ0n) is 16.8. The molecule has 1 amide bonds. The number of anilines is 1. The van der Waals surface area contributed by atoms with Crippen molar-refractivity contribution in [2.24, 2.45) is 11.5 Å². The summed E-state index contributed by atoms with van der Waals surface area (Å²) in [6.07, 6.45) is 1.78. The van der Waals surface area contributed by atoms with Gasteiger partial charge in [0.15, 0.2) is 10.1 Å². The third-order valence-electron chi connectivity index (χ3n) is 5.34. The first-order valence-corrected chi connectivity index (χ1v) is 11.5. The van der Waals surface area contributed by atoms with Gasteiger partial charge in [-0.2, -0.15) is 5.26 Å². The molecular weight excluding hydrogens is 432 g/mol. The highest BCUT2D eigenvalue weighted by Crippen LogP contribution is 2.47. The Hall–Kier alpha value is -3.16. The number of hydrogen-bond acceptors (Lipinski definition) is 9. The Morgan fingerprint density at radius 3 is 2.84 bits per heavy atom. The summed E-state index contributed by atoms with van der Waals surface area (Å²) in [6.45, 7) is 1.97. The van der Waals surface area contributed by atoms with Gasteiger partial charge in [-0.1, -0.05) is 47.4 Å². The van der Waals surface area contributed by atoms with E-state index in [9.17, 15) is 14.9 Å². The highest BCUT2D eigenvalue weighted by molar-refractivity contribution is 8.01. The molecule has 1 atom stereocenters. The standard InChI is InChI=1S/C21H20N6O2S2/c1-11-5-2-3-6-12(11)17-13(9-22)19(24)27(14-7-4-8-15(28)18(14)17)20-25-26-21(31-20)30-10-16(23)29/h2-3,5-6,17H,4,7-8,10,24H2,1H3,(H2,23,29). The summed E-state index contributed by atoms with van der Waals surface area (Å²) in [4.78, 5) is 25.9. The predicted molar refractivity (Wildman–Crippen MR) is 119 cm³/mol. The number of nitrogens with two attached hydrogens (primary N) is 2. The quantitative estimate of drug-likeness (QED) is 0.660. The van der Waals surface area contributed by atoms with Crippen LogP contribution in [0.3, 0.4) is 0 Å². The van der Waals surface area contributed by atoms with E-state index < -0.39 is 11.8 Å². The zero-order valence-corrected chi connectivity index (χ0v) is 18.4. The van der Waals surface area contributed by atoms with Gasteiger partial charge in [0, 0.05) is 17.7 Å². The number of nitrogens with zero attached hydrogens (tertiary/aromatic N) is 4. The summed E-state index contributed by atoms with van der Waals surface area (Å²) in [5.74, 6) is -0.582. The van der Waals surface area contributed by atoms with Crippen molar-refractivity contribution in [1.82, 2.24) is 10.2 Å². The van der Waals surface area contributed by atoms with Crippen molar-refractivity contribution >= 4 is 39.9 Å². The molecule has 1 unspecified atom stereocenters. The van der Waals surface area contributed by atoms with Crippen LogP contribution in [0, 0.1) is 18.3 Å². The minimum atomic E-state index is -0.498. The van der Waals surface area contributed by atoms with Gasteiger partial charge in [0.2, 0.25) is 11.0 Å². The second-order valence-electron chi connectivity index (χ2n) is 7.28. The van der Waals surface area contributed by atoms with E-state index in [0.29, 0.717) is 39.9 Å². The SMILES string of the molecule is Cc1ccccc1C1C(C#N)=C(N)N(c2nnc(SCC(N)=O)s2)C2=C1C(=O)CCC2. The van der Waals surface area contributed by atoms with E-state index in [2.05, 4.69) is 16.3 Å². The molecule has 2 aromatic rings. The molecule has 2 heterocycles. The van der Waals surface area contributed by atoms with Crippen LogP contribution in [0.15, 0.2) is 51.3 Å². The van der Waals surface area contributed by atoms with Gasteiger partial charge < -0.3 is 11.5 Å². The van der Waals surface area contributed by atoms with E-state index >= 15 is 0 Å². The number of aromatic nitrogens is 2. The molecule has 4 rings (SSSR count). The van der Waals surface area contributed by atoms with E-state index in [1.807, 2.05) is 31.2 Å². The number of rotatable bonds is 5. The smallest absolute Gasteiger partial charge is 0.227 e. The summed E-state index contributed by atoms with van der Waals surface area (Å²) in [6, 6.07) is 9.98. The molecular formula is C21H20N6O2S2. The normalized spacial score (nSPS) is 18.8. The lowest BCUT2D eigenvalue weighted by molar-refractivity contribution is -0.116. The number of thioether (sulfide) groups is 1. The number of carbonyl (C=O) groups is 2. The van der Waals surface area contributed by atoms with Gasteiger partial charge >= 0.3 is 0 Å². The fraction of sp³-hybridized carbons (Fsp3) is 0.286. The molecule has 4 N–H and O–H groups in total. The number of carbonyl (C=O) groups excluding carboxylic acids is 2. The molecule has 0 saturated heterocycles. The average Bonchev–Trinajstić information content (AvgIpc) is 3.20. The molecule has 1 aliphatic heterocycles. The van der Waals surface area contributed by atoms with Crippen LogP contribution >= 0.6 is 23.1 Å². The number of benzene rings is 1. The van der Waals surface area contributed by atoms with Crippen LogP contribution < -0.4 is 16.4 Å². The maximum Gasteiger partial charge on any atom is 0.227 e. The predicted octanol–water partition coefficient (Wildman–Crippen LogP) is 2.73. The molecule has 1 aromatic carbocycles. The Labute approximate surface area is 187 Å². The molecule has 0 radical (unpaired) electrons. The van der Waals surface area contributed by atoms with Crippen molar-refractivity contribution in [3.63, 3.8) is 0 Å². The highest BCUT2D eigenvalue weighted by Gasteiger charge is 2.41. The van der Waals surface area contributed by atoms with Crippen molar-refractivity contribution < 1.29 is 9.59 Å². The van der Waals surface area contributed by atoms with Crippen LogP contribution in [0.1, 0.15) is 36.3 Å². The maximum absolute atomic E-state index is 13.1. The lowest BCUT2D eigenvalue weighted by Crippen LogP contribution is -2.38. The van der Waals surface area contributed by atoms with Gasteiger partial charge in [-0.3, -0.25) is 14.5 Å². The molecule has 8 nitrogen and oxygen atoms in total. The second kappa shape index (κ2) is 8.53. The lowest BCUT2D eigenvalue weighted by Gasteiger charge is -2.38. The number of primary amides is 1. The number of amides is 1. The van der Waals surface area contributed by atoms with Crippen LogP contribution in [0.4, 0.5) is 5.13 Å². The molecule has 31 heavy (non-hydrogen) atoms. The van der Waals surface area contributed by atoms with Crippen molar-refractivity contribution in [2.45, 2.75) is 36.4 Å². The molecule has 0 bridgehead atoms. The van der Waals surface area contributed by atoms with E-state index in [1.54, 1.807) is 4.90 Å². The number of allylic oxidation sites excluding steroid dienone is 3. The van der Waals surface area contributed by atoms with E-state index in [-0.39, 0.29) is 17.4 Å². The van der Waals surface area contributed by atoms with Crippen molar-refractivity contribution in [2.75, 3.05) is 10.7 Å². The first kappa shape index (κ1) is 21.1. The number of ketones is 1. The molecule has 0 fully saturated rings. The molecule has 1 aromatic heterocycles. The van der Waals surface area contributed by atoms with Gasteiger partial charge in [0.05, 0.1) is 23.3 Å². The number of Topliss-reactive ketones (excluding diaryl/α,β-unsaturated/α-hetero) is 1. The second-order valence-corrected chi connectivity index (χ2v) is 9.46.